The number of fused-ring (bicyclic) bond motifs is 1. The molecule has 0 aliphatic carbocycles. The van der Waals surface area contributed by atoms with Crippen LogP contribution in [0, 0.1) is 11.6 Å². The molecule has 0 spiro atoms. The second-order valence-corrected chi connectivity index (χ2v) is 11.5. The van der Waals surface area contributed by atoms with Crippen molar-refractivity contribution in [2.24, 2.45) is 0 Å². The number of carbonyl (C=O) groups excluding carboxylic acids is 2. The van der Waals surface area contributed by atoms with Crippen molar-refractivity contribution in [3.05, 3.63) is 89.0 Å². The molecule has 0 unspecified atom stereocenters. The minimum absolute atomic E-state index is 0.00637. The van der Waals surface area contributed by atoms with E-state index in [0.717, 1.165) is 16.4 Å². The largest absolute Gasteiger partial charge is 0.357 e. The van der Waals surface area contributed by atoms with Gasteiger partial charge in [0.05, 0.1) is 10.5 Å². The van der Waals surface area contributed by atoms with E-state index in [2.05, 4.69) is 30.8 Å². The van der Waals surface area contributed by atoms with Crippen LogP contribution in [0.5, 0.6) is 0 Å². The molecule has 0 atom stereocenters. The Morgan fingerprint density at radius 3 is 2.44 bits per heavy atom. The molecule has 39 heavy (non-hydrogen) atoms. The SMILES string of the molecule is CC1(C)CN(S(=O)(=O)c2cc(F)cc(F)c2)Cc2c(NC(=O)c3cccnc3NC(=O)c3ccc[nH]3)n[nH]c21. The lowest BCUT2D eigenvalue weighted by Gasteiger charge is -2.36. The van der Waals surface area contributed by atoms with Gasteiger partial charge in [-0.3, -0.25) is 14.7 Å². The van der Waals surface area contributed by atoms with Crippen LogP contribution in [0.1, 0.15) is 46.0 Å². The monoisotopic (exact) mass is 555 g/mol. The number of anilines is 2. The van der Waals surface area contributed by atoms with Crippen LogP contribution in [0.25, 0.3) is 0 Å². The molecule has 14 heteroatoms. The van der Waals surface area contributed by atoms with E-state index in [9.17, 15) is 26.8 Å². The standard InChI is InChI=1S/C25H23F2N7O4S/c1-25(2)13-34(39(37,38)16-10-14(26)9-15(27)11-16)12-18-20(25)32-33-22(18)31-23(35)17-5-3-8-29-21(17)30-24(36)19-6-4-7-28-19/h3-11,28H,12-13H2,1-2H3,(H,29,30,36)(H2,31,32,33,35). The Hall–Kier alpha value is -4.43. The molecule has 1 aliphatic heterocycles. The van der Waals surface area contributed by atoms with Gasteiger partial charge in [-0.15, -0.1) is 0 Å². The number of benzene rings is 1. The van der Waals surface area contributed by atoms with Gasteiger partial charge in [0.1, 0.15) is 23.1 Å². The number of halogens is 2. The molecule has 4 heterocycles. The molecule has 1 aliphatic rings. The molecule has 202 valence electrons. The summed E-state index contributed by atoms with van der Waals surface area (Å²) in [6, 6.07) is 8.30. The van der Waals surface area contributed by atoms with Gasteiger partial charge in [0.15, 0.2) is 5.82 Å². The molecule has 0 saturated carbocycles. The summed E-state index contributed by atoms with van der Waals surface area (Å²) in [4.78, 5) is 32.1. The summed E-state index contributed by atoms with van der Waals surface area (Å²) in [6.07, 6.45) is 3.00. The minimum Gasteiger partial charge on any atom is -0.357 e. The van der Waals surface area contributed by atoms with Crippen LogP contribution < -0.4 is 10.6 Å². The Balaban J connectivity index is 1.43. The quantitative estimate of drug-likeness (QED) is 0.286. The average Bonchev–Trinajstić information content (AvgIpc) is 3.55. The molecule has 11 nitrogen and oxygen atoms in total. The van der Waals surface area contributed by atoms with E-state index in [-0.39, 0.29) is 36.0 Å². The van der Waals surface area contributed by atoms with Crippen molar-refractivity contribution in [2.45, 2.75) is 30.7 Å². The summed E-state index contributed by atoms with van der Waals surface area (Å²) in [6.45, 7) is 3.33. The summed E-state index contributed by atoms with van der Waals surface area (Å²) >= 11 is 0. The topological polar surface area (TPSA) is 153 Å². The third-order valence-corrected chi connectivity index (χ3v) is 8.05. The number of nitrogens with one attached hydrogen (secondary N) is 4. The smallest absolute Gasteiger partial charge is 0.273 e. The normalized spacial score (nSPS) is 15.0. The van der Waals surface area contributed by atoms with Crippen LogP contribution in [0.3, 0.4) is 0 Å². The van der Waals surface area contributed by atoms with E-state index in [1.165, 1.54) is 18.3 Å². The highest BCUT2D eigenvalue weighted by Gasteiger charge is 2.41. The maximum atomic E-state index is 13.8. The van der Waals surface area contributed by atoms with Crippen molar-refractivity contribution >= 4 is 33.5 Å². The highest BCUT2D eigenvalue weighted by Crippen LogP contribution is 2.38. The number of sulfonamides is 1. The Morgan fingerprint density at radius 2 is 1.74 bits per heavy atom. The van der Waals surface area contributed by atoms with E-state index in [0.29, 0.717) is 17.3 Å². The number of rotatable bonds is 6. The van der Waals surface area contributed by atoms with E-state index >= 15 is 0 Å². The first-order chi connectivity index (χ1) is 18.5. The van der Waals surface area contributed by atoms with Crippen molar-refractivity contribution in [1.29, 1.82) is 0 Å². The van der Waals surface area contributed by atoms with Crippen molar-refractivity contribution in [2.75, 3.05) is 17.2 Å². The summed E-state index contributed by atoms with van der Waals surface area (Å²) in [5.74, 6) is -3.10. The zero-order valence-corrected chi connectivity index (χ0v) is 21.6. The zero-order valence-electron chi connectivity index (χ0n) is 20.7. The van der Waals surface area contributed by atoms with Gasteiger partial charge in [0, 0.05) is 48.2 Å². The van der Waals surface area contributed by atoms with Crippen molar-refractivity contribution in [1.82, 2.24) is 24.5 Å². The fourth-order valence-electron chi connectivity index (χ4n) is 4.44. The van der Waals surface area contributed by atoms with Gasteiger partial charge in [-0.1, -0.05) is 13.8 Å². The second-order valence-electron chi connectivity index (χ2n) is 9.58. The summed E-state index contributed by atoms with van der Waals surface area (Å²) < 4.78 is 55.4. The van der Waals surface area contributed by atoms with Gasteiger partial charge < -0.3 is 15.6 Å². The number of pyridine rings is 1. The van der Waals surface area contributed by atoms with Crippen LogP contribution in [-0.4, -0.2) is 51.2 Å². The fourth-order valence-corrected chi connectivity index (χ4v) is 6.05. The number of hydrogen-bond acceptors (Lipinski definition) is 6. The van der Waals surface area contributed by atoms with Crippen molar-refractivity contribution in [3.63, 3.8) is 0 Å². The highest BCUT2D eigenvalue weighted by atomic mass is 32.2. The van der Waals surface area contributed by atoms with Crippen molar-refractivity contribution < 1.29 is 26.8 Å². The van der Waals surface area contributed by atoms with E-state index in [4.69, 9.17) is 0 Å². The maximum Gasteiger partial charge on any atom is 0.273 e. The first-order valence-electron chi connectivity index (χ1n) is 11.7. The van der Waals surface area contributed by atoms with E-state index in [1.807, 2.05) is 0 Å². The lowest BCUT2D eigenvalue weighted by atomic mass is 9.84. The lowest BCUT2D eigenvalue weighted by Crippen LogP contribution is -2.45. The van der Waals surface area contributed by atoms with Gasteiger partial charge in [-0.25, -0.2) is 22.2 Å². The number of hydrogen-bond donors (Lipinski definition) is 4. The minimum atomic E-state index is -4.30. The zero-order chi connectivity index (χ0) is 27.9. The predicted octanol–water partition coefficient (Wildman–Crippen LogP) is 3.40. The molecule has 0 fully saturated rings. The van der Waals surface area contributed by atoms with Gasteiger partial charge in [-0.05, 0) is 36.4 Å². The van der Waals surface area contributed by atoms with Crippen LogP contribution in [-0.2, 0) is 22.0 Å². The van der Waals surface area contributed by atoms with Crippen molar-refractivity contribution in [3.8, 4) is 0 Å². The lowest BCUT2D eigenvalue weighted by molar-refractivity contribution is 0.102. The second kappa shape index (κ2) is 9.71. The number of H-pyrrole nitrogens is 2. The molecule has 1 aromatic carbocycles. The first-order valence-corrected chi connectivity index (χ1v) is 13.1. The Bertz CT molecular complexity index is 1660. The number of carbonyl (C=O) groups is 2. The molecule has 0 radical (unpaired) electrons. The van der Waals surface area contributed by atoms with Crippen LogP contribution >= 0.6 is 0 Å². The Kier molecular flexibility index (Phi) is 6.52. The third-order valence-electron chi connectivity index (χ3n) is 6.28. The highest BCUT2D eigenvalue weighted by molar-refractivity contribution is 7.89. The number of aromatic nitrogens is 4. The van der Waals surface area contributed by atoms with Gasteiger partial charge in [0.2, 0.25) is 10.0 Å². The molecule has 0 bridgehead atoms. The molecule has 3 aromatic heterocycles. The first kappa shape index (κ1) is 26.2. The maximum absolute atomic E-state index is 13.8. The molecule has 4 aromatic rings. The number of amides is 2. The summed E-state index contributed by atoms with van der Waals surface area (Å²) in [5, 5.41) is 12.3. The van der Waals surface area contributed by atoms with Gasteiger partial charge in [0.25, 0.3) is 11.8 Å². The van der Waals surface area contributed by atoms with Crippen LogP contribution in [0.15, 0.2) is 59.8 Å². The molecule has 0 saturated heterocycles. The molecule has 4 N–H and O–H groups in total. The summed E-state index contributed by atoms with van der Waals surface area (Å²) in [5.41, 5.74) is 0.521. The third kappa shape index (κ3) is 5.03. The molecular formula is C25H23F2N7O4S. The fraction of sp³-hybridized carbons (Fsp3) is 0.200. The van der Waals surface area contributed by atoms with Gasteiger partial charge >= 0.3 is 0 Å². The average molecular weight is 556 g/mol. The molecule has 2 amide bonds. The Labute approximate surface area is 221 Å². The molecular weight excluding hydrogens is 532 g/mol. The summed E-state index contributed by atoms with van der Waals surface area (Å²) in [7, 11) is -4.30. The van der Waals surface area contributed by atoms with Crippen LogP contribution in [0.4, 0.5) is 20.4 Å². The van der Waals surface area contributed by atoms with Gasteiger partial charge in [-0.2, -0.15) is 9.40 Å². The number of aromatic amines is 2. The van der Waals surface area contributed by atoms with E-state index in [1.54, 1.807) is 32.2 Å². The van der Waals surface area contributed by atoms with E-state index < -0.39 is 43.8 Å². The Morgan fingerprint density at radius 1 is 1.03 bits per heavy atom. The predicted molar refractivity (Wildman–Crippen MR) is 137 cm³/mol. The molecule has 5 rings (SSSR count). The van der Waals surface area contributed by atoms with Crippen LogP contribution in [0.2, 0.25) is 0 Å². The number of nitrogens with zero attached hydrogens (tertiary/aromatic N) is 3.